The molecule has 1 saturated heterocycles. The van der Waals surface area contributed by atoms with Crippen molar-refractivity contribution in [2.75, 3.05) is 58.4 Å². The molecular weight excluding hydrogens is 422 g/mol. The number of hydrogen-bond donors (Lipinski definition) is 0. The van der Waals surface area contributed by atoms with E-state index in [2.05, 4.69) is 15.1 Å². The van der Waals surface area contributed by atoms with E-state index in [-0.39, 0.29) is 24.3 Å². The average Bonchev–Trinajstić information content (AvgIpc) is 2.86. The molecule has 0 atom stereocenters. The van der Waals surface area contributed by atoms with Crippen LogP contribution in [-0.4, -0.2) is 85.3 Å². The number of rotatable bonds is 8. The van der Waals surface area contributed by atoms with Crippen molar-refractivity contribution in [2.24, 2.45) is 5.92 Å². The molecule has 9 nitrogen and oxygen atoms in total. The van der Waals surface area contributed by atoms with Gasteiger partial charge in [-0.3, -0.25) is 9.59 Å². The van der Waals surface area contributed by atoms with Crippen molar-refractivity contribution in [3.63, 3.8) is 0 Å². The molecule has 3 rings (SSSR count). The van der Waals surface area contributed by atoms with E-state index in [9.17, 15) is 9.59 Å². The first-order chi connectivity index (χ1) is 15.9. The van der Waals surface area contributed by atoms with Crippen LogP contribution < -0.4 is 14.4 Å². The largest absolute Gasteiger partial charge is 0.497 e. The third kappa shape index (κ3) is 5.71. The van der Waals surface area contributed by atoms with Gasteiger partial charge in [-0.15, -0.1) is 10.2 Å². The molecule has 1 fully saturated rings. The van der Waals surface area contributed by atoms with Gasteiger partial charge in [0.05, 0.1) is 26.5 Å². The highest BCUT2D eigenvalue weighted by Crippen LogP contribution is 2.32. The highest BCUT2D eigenvalue weighted by Gasteiger charge is 2.25. The molecule has 1 aliphatic heterocycles. The molecule has 2 amide bonds. The summed E-state index contributed by atoms with van der Waals surface area (Å²) in [7, 11) is 3.22. The lowest BCUT2D eigenvalue weighted by molar-refractivity contribution is -0.142. The predicted octanol–water partition coefficient (Wildman–Crippen LogP) is 2.31. The first kappa shape index (κ1) is 24.3. The maximum absolute atomic E-state index is 12.7. The van der Waals surface area contributed by atoms with Crippen LogP contribution in [0.1, 0.15) is 20.8 Å². The fourth-order valence-corrected chi connectivity index (χ4v) is 3.81. The number of likely N-dealkylation sites (N-methyl/N-ethyl adjacent to an activating group) is 1. The molecule has 1 aliphatic rings. The molecule has 0 spiro atoms. The smallest absolute Gasteiger partial charge is 0.242 e. The minimum Gasteiger partial charge on any atom is -0.497 e. The SMILES string of the molecule is CCN(CC(=O)N1CCN(c2ccc(-c3ccc(OC)cc3OC)nn2)CC1)C(=O)C(C)C. The van der Waals surface area contributed by atoms with E-state index in [1.54, 1.807) is 19.1 Å². The van der Waals surface area contributed by atoms with Crippen LogP contribution in [0.3, 0.4) is 0 Å². The second-order valence-electron chi connectivity index (χ2n) is 8.22. The summed E-state index contributed by atoms with van der Waals surface area (Å²) in [6.07, 6.45) is 0. The standard InChI is InChI=1S/C24H33N5O4/c1-6-27(24(31)17(2)3)16-23(30)29-13-11-28(12-14-29)22-10-9-20(25-26-22)19-8-7-18(32-4)15-21(19)33-5/h7-10,15,17H,6,11-14,16H2,1-5H3. The quantitative estimate of drug-likeness (QED) is 0.604. The zero-order valence-corrected chi connectivity index (χ0v) is 20.1. The molecule has 9 heteroatoms. The van der Waals surface area contributed by atoms with E-state index in [1.807, 2.05) is 56.0 Å². The van der Waals surface area contributed by atoms with Crippen LogP contribution in [0.2, 0.25) is 0 Å². The molecule has 0 unspecified atom stereocenters. The second kappa shape index (κ2) is 11.0. The third-order valence-corrected chi connectivity index (χ3v) is 5.80. The number of carbonyl (C=O) groups is 2. The van der Waals surface area contributed by atoms with Crippen molar-refractivity contribution in [1.82, 2.24) is 20.0 Å². The van der Waals surface area contributed by atoms with Gasteiger partial charge in [-0.25, -0.2) is 0 Å². The Morgan fingerprint density at radius 3 is 2.30 bits per heavy atom. The number of methoxy groups -OCH3 is 2. The first-order valence-electron chi connectivity index (χ1n) is 11.3. The van der Waals surface area contributed by atoms with Crippen molar-refractivity contribution in [2.45, 2.75) is 20.8 Å². The predicted molar refractivity (Wildman–Crippen MR) is 126 cm³/mol. The number of hydrogen-bond acceptors (Lipinski definition) is 7. The minimum atomic E-state index is -0.117. The lowest BCUT2D eigenvalue weighted by Gasteiger charge is -2.36. The lowest BCUT2D eigenvalue weighted by atomic mass is 10.1. The van der Waals surface area contributed by atoms with Crippen LogP contribution in [0.15, 0.2) is 30.3 Å². The van der Waals surface area contributed by atoms with Gasteiger partial charge in [-0.05, 0) is 31.2 Å². The number of aromatic nitrogens is 2. The van der Waals surface area contributed by atoms with E-state index in [4.69, 9.17) is 9.47 Å². The summed E-state index contributed by atoms with van der Waals surface area (Å²) in [4.78, 5) is 30.5. The van der Waals surface area contributed by atoms with E-state index < -0.39 is 0 Å². The molecule has 0 N–H and O–H groups in total. The highest BCUT2D eigenvalue weighted by atomic mass is 16.5. The van der Waals surface area contributed by atoms with Crippen molar-refractivity contribution >= 4 is 17.6 Å². The van der Waals surface area contributed by atoms with Crippen LogP contribution in [0, 0.1) is 5.92 Å². The Morgan fingerprint density at radius 2 is 1.76 bits per heavy atom. The van der Waals surface area contributed by atoms with Gasteiger partial charge in [0.25, 0.3) is 0 Å². The first-order valence-corrected chi connectivity index (χ1v) is 11.3. The number of nitrogens with zero attached hydrogens (tertiary/aromatic N) is 5. The van der Waals surface area contributed by atoms with Crippen LogP contribution in [0.4, 0.5) is 5.82 Å². The molecule has 2 heterocycles. The summed E-state index contributed by atoms with van der Waals surface area (Å²) in [5, 5.41) is 8.80. The molecule has 0 bridgehead atoms. The number of amides is 2. The minimum absolute atomic E-state index is 0.00772. The Bertz CT molecular complexity index is 956. The van der Waals surface area contributed by atoms with Crippen LogP contribution in [0.25, 0.3) is 11.3 Å². The van der Waals surface area contributed by atoms with E-state index >= 15 is 0 Å². The summed E-state index contributed by atoms with van der Waals surface area (Å²) in [5.74, 6) is 2.02. The van der Waals surface area contributed by atoms with Crippen LogP contribution >= 0.6 is 0 Å². The Kier molecular flexibility index (Phi) is 8.08. The molecule has 0 radical (unpaired) electrons. The molecule has 178 valence electrons. The summed E-state index contributed by atoms with van der Waals surface area (Å²) in [6.45, 7) is 8.76. The topological polar surface area (TPSA) is 88.1 Å². The fourth-order valence-electron chi connectivity index (χ4n) is 3.81. The third-order valence-electron chi connectivity index (χ3n) is 5.80. The number of carbonyl (C=O) groups excluding carboxylic acids is 2. The summed E-state index contributed by atoms with van der Waals surface area (Å²) >= 11 is 0. The fraction of sp³-hybridized carbons (Fsp3) is 0.500. The highest BCUT2D eigenvalue weighted by molar-refractivity contribution is 5.85. The molecular formula is C24H33N5O4. The van der Waals surface area contributed by atoms with Gasteiger partial charge in [-0.1, -0.05) is 13.8 Å². The van der Waals surface area contributed by atoms with Crippen molar-refractivity contribution in [3.8, 4) is 22.8 Å². The van der Waals surface area contributed by atoms with Crippen LogP contribution in [0.5, 0.6) is 11.5 Å². The van der Waals surface area contributed by atoms with Crippen molar-refractivity contribution in [1.29, 1.82) is 0 Å². The normalized spacial score (nSPS) is 13.8. The van der Waals surface area contributed by atoms with Gasteiger partial charge in [0.15, 0.2) is 5.82 Å². The zero-order valence-electron chi connectivity index (χ0n) is 20.1. The van der Waals surface area contributed by atoms with Crippen LogP contribution in [-0.2, 0) is 9.59 Å². The zero-order chi connectivity index (χ0) is 24.0. The molecule has 2 aromatic rings. The Balaban J connectivity index is 1.60. The van der Waals surface area contributed by atoms with Crippen molar-refractivity contribution in [3.05, 3.63) is 30.3 Å². The van der Waals surface area contributed by atoms with Gasteiger partial charge in [0.1, 0.15) is 11.5 Å². The number of benzene rings is 1. The van der Waals surface area contributed by atoms with Gasteiger partial charge in [0.2, 0.25) is 11.8 Å². The lowest BCUT2D eigenvalue weighted by Crippen LogP contribution is -2.52. The number of ether oxygens (including phenoxy) is 2. The monoisotopic (exact) mass is 455 g/mol. The van der Waals surface area contributed by atoms with Gasteiger partial charge in [-0.2, -0.15) is 0 Å². The molecule has 0 saturated carbocycles. The second-order valence-corrected chi connectivity index (χ2v) is 8.22. The Morgan fingerprint density at radius 1 is 1.03 bits per heavy atom. The molecule has 1 aromatic carbocycles. The maximum atomic E-state index is 12.7. The van der Waals surface area contributed by atoms with Crippen molar-refractivity contribution < 1.29 is 19.1 Å². The van der Waals surface area contributed by atoms with E-state index in [0.717, 1.165) is 11.4 Å². The summed E-state index contributed by atoms with van der Waals surface area (Å²) in [5.41, 5.74) is 1.55. The molecule has 0 aliphatic carbocycles. The van der Waals surface area contributed by atoms with E-state index in [0.29, 0.717) is 49.9 Å². The summed E-state index contributed by atoms with van der Waals surface area (Å²) in [6, 6.07) is 9.42. The van der Waals surface area contributed by atoms with Gasteiger partial charge >= 0.3 is 0 Å². The average molecular weight is 456 g/mol. The maximum Gasteiger partial charge on any atom is 0.242 e. The summed E-state index contributed by atoms with van der Waals surface area (Å²) < 4.78 is 10.7. The van der Waals surface area contributed by atoms with E-state index in [1.165, 1.54) is 0 Å². The van der Waals surface area contributed by atoms with Gasteiger partial charge in [0, 0.05) is 50.3 Å². The Hall–Kier alpha value is -3.36. The molecule has 1 aromatic heterocycles. The van der Waals surface area contributed by atoms with Gasteiger partial charge < -0.3 is 24.2 Å². The Labute approximate surface area is 195 Å². The number of piperazine rings is 1. The molecule has 33 heavy (non-hydrogen) atoms. The number of anilines is 1.